The number of hydrogen-bond donors (Lipinski definition) is 1. The van der Waals surface area contributed by atoms with Gasteiger partial charge in [0.2, 0.25) is 0 Å². The van der Waals surface area contributed by atoms with E-state index in [1.807, 2.05) is 0 Å². The molecule has 0 saturated heterocycles. The number of nitro groups is 2. The molecule has 1 heterocycles. The topological polar surface area (TPSA) is 150 Å². The number of non-ortho nitro benzene ring substituents is 1. The summed E-state index contributed by atoms with van der Waals surface area (Å²) < 4.78 is 10.8. The van der Waals surface area contributed by atoms with Crippen LogP contribution in [0.2, 0.25) is 0 Å². The second-order valence-electron chi connectivity index (χ2n) is 6.32. The molecule has 0 aliphatic heterocycles. The Kier molecular flexibility index (Phi) is 6.36. The van der Waals surface area contributed by atoms with Crippen molar-refractivity contribution >= 4 is 23.5 Å². The van der Waals surface area contributed by atoms with E-state index in [0.717, 1.165) is 0 Å². The van der Waals surface area contributed by atoms with E-state index in [2.05, 4.69) is 10.5 Å². The van der Waals surface area contributed by atoms with Crippen molar-refractivity contribution in [3.8, 4) is 17.1 Å². The maximum atomic E-state index is 11.9. The van der Waals surface area contributed by atoms with Crippen molar-refractivity contribution in [2.24, 2.45) is 5.10 Å². The van der Waals surface area contributed by atoms with Gasteiger partial charge in [-0.25, -0.2) is 5.43 Å². The molecule has 0 aliphatic rings. The zero-order chi connectivity index (χ0) is 22.4. The molecule has 158 valence electrons. The van der Waals surface area contributed by atoms with Crippen molar-refractivity contribution in [1.82, 2.24) is 5.43 Å². The summed E-state index contributed by atoms with van der Waals surface area (Å²) in [6, 6.07) is 13.5. The van der Waals surface area contributed by atoms with Gasteiger partial charge in [-0.15, -0.1) is 0 Å². The van der Waals surface area contributed by atoms with Crippen LogP contribution in [0.25, 0.3) is 11.3 Å². The van der Waals surface area contributed by atoms with Gasteiger partial charge in [0.15, 0.2) is 12.4 Å². The van der Waals surface area contributed by atoms with Crippen LogP contribution in [-0.4, -0.2) is 28.6 Å². The maximum Gasteiger partial charge on any atom is 0.311 e. The van der Waals surface area contributed by atoms with Gasteiger partial charge in [-0.3, -0.25) is 25.0 Å². The van der Waals surface area contributed by atoms with Gasteiger partial charge in [-0.2, -0.15) is 5.10 Å². The number of nitrogens with zero attached hydrogens (tertiary/aromatic N) is 3. The van der Waals surface area contributed by atoms with Gasteiger partial charge >= 0.3 is 5.69 Å². The summed E-state index contributed by atoms with van der Waals surface area (Å²) in [5.41, 5.74) is 3.31. The zero-order valence-corrected chi connectivity index (χ0v) is 16.2. The van der Waals surface area contributed by atoms with Gasteiger partial charge in [-0.1, -0.05) is 6.07 Å². The highest BCUT2D eigenvalue weighted by Crippen LogP contribution is 2.27. The Bertz CT molecular complexity index is 1150. The van der Waals surface area contributed by atoms with Crippen LogP contribution in [0.3, 0.4) is 0 Å². The van der Waals surface area contributed by atoms with Crippen molar-refractivity contribution in [3.05, 3.63) is 86.1 Å². The average molecular weight is 424 g/mol. The van der Waals surface area contributed by atoms with E-state index in [0.29, 0.717) is 22.6 Å². The van der Waals surface area contributed by atoms with E-state index < -0.39 is 22.4 Å². The van der Waals surface area contributed by atoms with Crippen LogP contribution in [-0.2, 0) is 4.79 Å². The molecular formula is C20H16N4O7. The number of aryl methyl sites for hydroxylation is 1. The molecule has 2 aromatic carbocycles. The average Bonchev–Trinajstić information content (AvgIpc) is 3.21. The molecule has 31 heavy (non-hydrogen) atoms. The number of furan rings is 1. The van der Waals surface area contributed by atoms with Gasteiger partial charge < -0.3 is 9.15 Å². The third-order valence-electron chi connectivity index (χ3n) is 4.04. The summed E-state index contributed by atoms with van der Waals surface area (Å²) in [4.78, 5) is 32.5. The Morgan fingerprint density at radius 3 is 2.52 bits per heavy atom. The first-order valence-corrected chi connectivity index (χ1v) is 8.88. The van der Waals surface area contributed by atoms with Crippen LogP contribution >= 0.6 is 0 Å². The number of benzene rings is 2. The minimum atomic E-state index is -0.617. The van der Waals surface area contributed by atoms with E-state index in [-0.39, 0.29) is 17.1 Å². The number of carbonyl (C=O) groups excluding carboxylic acids is 1. The van der Waals surface area contributed by atoms with Gasteiger partial charge in [0.1, 0.15) is 11.5 Å². The molecule has 11 heteroatoms. The van der Waals surface area contributed by atoms with Crippen LogP contribution in [0.15, 0.2) is 64.1 Å². The number of nitro benzene ring substituents is 2. The Balaban J connectivity index is 1.55. The van der Waals surface area contributed by atoms with E-state index in [1.54, 1.807) is 37.3 Å². The highest BCUT2D eigenvalue weighted by atomic mass is 16.6. The number of hydrazone groups is 1. The summed E-state index contributed by atoms with van der Waals surface area (Å²) in [7, 11) is 0. The van der Waals surface area contributed by atoms with Crippen molar-refractivity contribution in [1.29, 1.82) is 0 Å². The molecule has 0 atom stereocenters. The van der Waals surface area contributed by atoms with Gasteiger partial charge in [-0.05, 0) is 42.8 Å². The van der Waals surface area contributed by atoms with Crippen molar-refractivity contribution < 1.29 is 23.8 Å². The van der Waals surface area contributed by atoms with E-state index in [1.165, 1.54) is 30.5 Å². The summed E-state index contributed by atoms with van der Waals surface area (Å²) in [6.45, 7) is 1.24. The van der Waals surface area contributed by atoms with Crippen molar-refractivity contribution in [2.75, 3.05) is 6.61 Å². The van der Waals surface area contributed by atoms with E-state index in [9.17, 15) is 25.0 Å². The molecule has 0 bridgehead atoms. The molecule has 0 unspecified atom stereocenters. The first-order chi connectivity index (χ1) is 14.8. The number of ether oxygens (including phenoxy) is 1. The quantitative estimate of drug-likeness (QED) is 0.330. The minimum absolute atomic E-state index is 0.0199. The number of hydrogen-bond acceptors (Lipinski definition) is 8. The third-order valence-corrected chi connectivity index (χ3v) is 4.04. The lowest BCUT2D eigenvalue weighted by Gasteiger charge is -2.06. The van der Waals surface area contributed by atoms with E-state index in [4.69, 9.17) is 9.15 Å². The normalized spacial score (nSPS) is 10.7. The lowest BCUT2D eigenvalue weighted by Crippen LogP contribution is -2.24. The fourth-order valence-electron chi connectivity index (χ4n) is 2.56. The Morgan fingerprint density at radius 1 is 1.10 bits per heavy atom. The lowest BCUT2D eigenvalue weighted by molar-refractivity contribution is -0.385. The van der Waals surface area contributed by atoms with Crippen molar-refractivity contribution in [3.63, 3.8) is 0 Å². The molecule has 0 saturated carbocycles. The molecule has 0 fully saturated rings. The molecule has 1 N–H and O–H groups in total. The first kappa shape index (κ1) is 21.2. The second-order valence-corrected chi connectivity index (χ2v) is 6.32. The number of carbonyl (C=O) groups is 1. The van der Waals surface area contributed by atoms with E-state index >= 15 is 0 Å². The van der Waals surface area contributed by atoms with Crippen molar-refractivity contribution in [2.45, 2.75) is 6.92 Å². The molecule has 0 aliphatic carbocycles. The molecule has 11 nitrogen and oxygen atoms in total. The monoisotopic (exact) mass is 424 g/mol. The first-order valence-electron chi connectivity index (χ1n) is 8.88. The number of rotatable bonds is 8. The standard InChI is InChI=1S/C20H16N4O7/c1-13-2-8-19(17(10-13)24(28)29)30-12-20(25)22-21-11-16-7-9-18(31-16)14-3-5-15(6-4-14)23(26)27/h2-11H,12H2,1H3,(H,22,25)/b21-11-. The summed E-state index contributed by atoms with van der Waals surface area (Å²) >= 11 is 0. The highest BCUT2D eigenvalue weighted by Gasteiger charge is 2.16. The van der Waals surface area contributed by atoms with Gasteiger partial charge in [0.05, 0.1) is 16.1 Å². The molecule has 1 amide bonds. The van der Waals surface area contributed by atoms with Crippen LogP contribution in [0.4, 0.5) is 11.4 Å². The van der Waals surface area contributed by atoms with Crippen LogP contribution in [0.1, 0.15) is 11.3 Å². The number of nitrogens with one attached hydrogen (secondary N) is 1. The van der Waals surface area contributed by atoms with Gasteiger partial charge in [0, 0.05) is 23.8 Å². The summed E-state index contributed by atoms with van der Waals surface area (Å²) in [5.74, 6) is 0.170. The third kappa shape index (κ3) is 5.50. The SMILES string of the molecule is Cc1ccc(OCC(=O)N/N=C\c2ccc(-c3ccc([N+](=O)[O-])cc3)o2)c([N+](=O)[O-])c1. The fraction of sp³-hybridized carbons (Fsp3) is 0.100. The molecule has 0 spiro atoms. The lowest BCUT2D eigenvalue weighted by atomic mass is 10.1. The molecule has 3 rings (SSSR count). The molecule has 0 radical (unpaired) electrons. The predicted molar refractivity (Wildman–Crippen MR) is 110 cm³/mol. The number of amides is 1. The van der Waals surface area contributed by atoms with Crippen LogP contribution < -0.4 is 10.2 Å². The summed E-state index contributed by atoms with van der Waals surface area (Å²) in [5, 5.41) is 25.5. The molecule has 1 aromatic heterocycles. The van der Waals surface area contributed by atoms with Crippen LogP contribution in [0, 0.1) is 27.2 Å². The Hall–Kier alpha value is -4.54. The summed E-state index contributed by atoms with van der Waals surface area (Å²) in [6.07, 6.45) is 1.26. The highest BCUT2D eigenvalue weighted by molar-refractivity contribution is 5.81. The molecule has 3 aromatic rings. The Labute approximate surface area is 175 Å². The Morgan fingerprint density at radius 2 is 1.84 bits per heavy atom. The predicted octanol–water partition coefficient (Wildman–Crippen LogP) is 3.60. The zero-order valence-electron chi connectivity index (χ0n) is 16.2. The minimum Gasteiger partial charge on any atom is -0.477 e. The molecular weight excluding hydrogens is 408 g/mol. The maximum absolute atomic E-state index is 11.9. The smallest absolute Gasteiger partial charge is 0.311 e. The largest absolute Gasteiger partial charge is 0.477 e. The fourth-order valence-corrected chi connectivity index (χ4v) is 2.56. The van der Waals surface area contributed by atoms with Crippen LogP contribution in [0.5, 0.6) is 5.75 Å². The second kappa shape index (κ2) is 9.31. The van der Waals surface area contributed by atoms with Gasteiger partial charge in [0.25, 0.3) is 11.6 Å².